The summed E-state index contributed by atoms with van der Waals surface area (Å²) < 4.78 is 1.87. The van der Waals surface area contributed by atoms with E-state index in [1.54, 1.807) is 0 Å². The fourth-order valence-electron chi connectivity index (χ4n) is 5.69. The van der Waals surface area contributed by atoms with Crippen molar-refractivity contribution in [2.24, 2.45) is 13.0 Å². The second-order valence-corrected chi connectivity index (χ2v) is 9.57. The number of hydrogen-bond donors (Lipinski definition) is 2. The molecule has 0 saturated carbocycles. The van der Waals surface area contributed by atoms with Gasteiger partial charge in [0.2, 0.25) is 11.8 Å². The highest BCUT2D eigenvalue weighted by Gasteiger charge is 2.32. The van der Waals surface area contributed by atoms with Crippen molar-refractivity contribution in [3.8, 4) is 0 Å². The number of carbonyl (C=O) groups is 2. The van der Waals surface area contributed by atoms with Crippen LogP contribution in [0.3, 0.4) is 0 Å². The molecule has 4 heterocycles. The monoisotopic (exact) mass is 438 g/mol. The minimum absolute atomic E-state index is 0.192. The van der Waals surface area contributed by atoms with E-state index in [1.807, 2.05) is 11.7 Å². The summed E-state index contributed by atoms with van der Waals surface area (Å²) in [6, 6.07) is 7.10. The van der Waals surface area contributed by atoms with Crippen molar-refractivity contribution >= 4 is 28.4 Å². The lowest BCUT2D eigenvalue weighted by Gasteiger charge is -2.42. The number of rotatable bonds is 4. The van der Waals surface area contributed by atoms with Crippen molar-refractivity contribution in [2.45, 2.75) is 44.6 Å². The lowest BCUT2D eigenvalue weighted by atomic mass is 9.90. The lowest BCUT2D eigenvalue weighted by molar-refractivity contribution is -0.134. The highest BCUT2D eigenvalue weighted by atomic mass is 16.2. The van der Waals surface area contributed by atoms with Crippen molar-refractivity contribution in [3.05, 3.63) is 23.9 Å². The average molecular weight is 439 g/mol. The first-order chi connectivity index (χ1) is 15.5. The van der Waals surface area contributed by atoms with Crippen LogP contribution in [0, 0.1) is 5.92 Å². The van der Waals surface area contributed by atoms with E-state index in [0.29, 0.717) is 18.9 Å². The molecular formula is C24H34N6O2. The van der Waals surface area contributed by atoms with Crippen LogP contribution < -0.4 is 15.5 Å². The molecule has 2 unspecified atom stereocenters. The fourth-order valence-corrected chi connectivity index (χ4v) is 5.69. The Morgan fingerprint density at radius 2 is 1.81 bits per heavy atom. The molecule has 3 aliphatic rings. The number of carbonyl (C=O) groups excluding carboxylic acids is 2. The summed E-state index contributed by atoms with van der Waals surface area (Å²) in [5.74, 6) is 0.0215. The molecule has 2 atom stereocenters. The number of aryl methyl sites for hydroxylation is 1. The summed E-state index contributed by atoms with van der Waals surface area (Å²) in [6.07, 6.45) is 3.46. The molecule has 1 aromatic carbocycles. The summed E-state index contributed by atoms with van der Waals surface area (Å²) in [4.78, 5) is 29.0. The third kappa shape index (κ3) is 4.01. The van der Waals surface area contributed by atoms with Crippen molar-refractivity contribution in [1.82, 2.24) is 25.3 Å². The first-order valence-corrected chi connectivity index (χ1v) is 12.0. The largest absolute Gasteiger partial charge is 0.369 e. The van der Waals surface area contributed by atoms with Crippen LogP contribution in [0.2, 0.25) is 0 Å². The molecule has 0 aliphatic carbocycles. The average Bonchev–Trinajstić information content (AvgIpc) is 3.15. The van der Waals surface area contributed by atoms with Gasteiger partial charge in [-0.1, -0.05) is 0 Å². The molecule has 2 amide bonds. The summed E-state index contributed by atoms with van der Waals surface area (Å²) >= 11 is 0. The number of nitrogens with one attached hydrogen (secondary N) is 2. The van der Waals surface area contributed by atoms with Gasteiger partial charge in [-0.05, 0) is 63.4 Å². The lowest BCUT2D eigenvalue weighted by Crippen LogP contribution is -2.52. The number of anilines is 1. The standard InChI is InChI=1S/C24H34N6O2/c1-16(17-7-9-25-10-8-17)29-11-13-30(14-12-29)18-3-4-19-21(15-18)28(2)27-23(19)20-5-6-22(31)26-24(20)32/h3-4,15-17,20,25H,5-14H2,1-2H3,(H,26,31,32). The van der Waals surface area contributed by atoms with E-state index in [0.717, 1.165) is 61.8 Å². The molecule has 5 rings (SSSR count). The summed E-state index contributed by atoms with van der Waals surface area (Å²) in [5.41, 5.74) is 3.02. The predicted octanol–water partition coefficient (Wildman–Crippen LogP) is 1.60. The Balaban J connectivity index is 1.29. The molecule has 2 N–H and O–H groups in total. The number of nitrogens with zero attached hydrogens (tertiary/aromatic N) is 4. The van der Waals surface area contributed by atoms with Gasteiger partial charge in [-0.15, -0.1) is 0 Å². The van der Waals surface area contributed by atoms with Gasteiger partial charge in [-0.2, -0.15) is 5.10 Å². The van der Waals surface area contributed by atoms with E-state index in [2.05, 4.69) is 50.7 Å². The first kappa shape index (κ1) is 21.4. The second-order valence-electron chi connectivity index (χ2n) is 9.57. The van der Waals surface area contributed by atoms with Crippen LogP contribution in [0.5, 0.6) is 0 Å². The van der Waals surface area contributed by atoms with Crippen LogP contribution >= 0.6 is 0 Å². The summed E-state index contributed by atoms with van der Waals surface area (Å²) in [7, 11) is 1.93. The topological polar surface area (TPSA) is 82.5 Å². The SMILES string of the molecule is CC(C1CCNCC1)N1CCN(c2ccc3c(C4CCC(=O)NC4=O)nn(C)c3c2)CC1. The van der Waals surface area contributed by atoms with Gasteiger partial charge in [0.05, 0.1) is 17.1 Å². The number of imide groups is 1. The predicted molar refractivity (Wildman–Crippen MR) is 125 cm³/mol. The van der Waals surface area contributed by atoms with Crippen molar-refractivity contribution < 1.29 is 9.59 Å². The maximum Gasteiger partial charge on any atom is 0.235 e. The highest BCUT2D eigenvalue weighted by molar-refractivity contribution is 6.02. The van der Waals surface area contributed by atoms with E-state index in [-0.39, 0.29) is 17.7 Å². The van der Waals surface area contributed by atoms with Gasteiger partial charge in [-0.3, -0.25) is 24.5 Å². The molecule has 3 fully saturated rings. The van der Waals surface area contributed by atoms with E-state index in [4.69, 9.17) is 0 Å². The maximum atomic E-state index is 12.4. The zero-order valence-electron chi connectivity index (χ0n) is 19.1. The van der Waals surface area contributed by atoms with Gasteiger partial charge >= 0.3 is 0 Å². The Kier molecular flexibility index (Phi) is 5.90. The number of fused-ring (bicyclic) bond motifs is 1. The molecule has 0 radical (unpaired) electrons. The molecule has 8 nitrogen and oxygen atoms in total. The molecular weight excluding hydrogens is 404 g/mol. The van der Waals surface area contributed by atoms with Gasteiger partial charge in [0, 0.05) is 56.8 Å². The van der Waals surface area contributed by atoms with Crippen molar-refractivity contribution in [2.75, 3.05) is 44.2 Å². The maximum absolute atomic E-state index is 12.4. The van der Waals surface area contributed by atoms with Crippen molar-refractivity contribution in [1.29, 1.82) is 0 Å². The third-order valence-corrected chi connectivity index (χ3v) is 7.75. The van der Waals surface area contributed by atoms with E-state index in [1.165, 1.54) is 18.5 Å². The van der Waals surface area contributed by atoms with Crippen LogP contribution in [0.25, 0.3) is 10.9 Å². The van der Waals surface area contributed by atoms with Crippen LogP contribution in [-0.2, 0) is 16.6 Å². The Bertz CT molecular complexity index is 1000. The zero-order valence-corrected chi connectivity index (χ0v) is 19.1. The highest BCUT2D eigenvalue weighted by Crippen LogP contribution is 2.32. The van der Waals surface area contributed by atoms with Crippen LogP contribution in [0.4, 0.5) is 5.69 Å². The Labute approximate surface area is 189 Å². The number of benzene rings is 1. The van der Waals surface area contributed by atoms with Gasteiger partial charge in [0.25, 0.3) is 0 Å². The molecule has 0 bridgehead atoms. The molecule has 8 heteroatoms. The summed E-state index contributed by atoms with van der Waals surface area (Å²) in [5, 5.41) is 11.6. The number of amides is 2. The van der Waals surface area contributed by atoms with E-state index in [9.17, 15) is 9.59 Å². The van der Waals surface area contributed by atoms with Gasteiger partial charge < -0.3 is 10.2 Å². The Morgan fingerprint density at radius 1 is 1.06 bits per heavy atom. The third-order valence-electron chi connectivity index (χ3n) is 7.75. The minimum Gasteiger partial charge on any atom is -0.369 e. The smallest absolute Gasteiger partial charge is 0.235 e. The Hall–Kier alpha value is -2.45. The first-order valence-electron chi connectivity index (χ1n) is 12.0. The molecule has 172 valence electrons. The fraction of sp³-hybridized carbons (Fsp3) is 0.625. The number of hydrogen-bond acceptors (Lipinski definition) is 6. The quantitative estimate of drug-likeness (QED) is 0.706. The van der Waals surface area contributed by atoms with Gasteiger partial charge in [-0.25, -0.2) is 0 Å². The van der Waals surface area contributed by atoms with Crippen LogP contribution in [0.1, 0.15) is 44.2 Å². The molecule has 3 saturated heterocycles. The summed E-state index contributed by atoms with van der Waals surface area (Å²) in [6.45, 7) is 8.95. The van der Waals surface area contributed by atoms with E-state index < -0.39 is 0 Å². The zero-order chi connectivity index (χ0) is 22.2. The van der Waals surface area contributed by atoms with Gasteiger partial charge in [0.15, 0.2) is 0 Å². The van der Waals surface area contributed by atoms with Crippen LogP contribution in [0.15, 0.2) is 18.2 Å². The molecule has 3 aliphatic heterocycles. The minimum atomic E-state index is -0.359. The second kappa shape index (κ2) is 8.83. The molecule has 32 heavy (non-hydrogen) atoms. The normalized spacial score (nSPS) is 24.7. The number of piperidine rings is 2. The molecule has 2 aromatic rings. The van der Waals surface area contributed by atoms with Crippen LogP contribution in [-0.4, -0.2) is 71.8 Å². The molecule has 0 spiro atoms. The Morgan fingerprint density at radius 3 is 2.53 bits per heavy atom. The number of aromatic nitrogens is 2. The number of piperazine rings is 1. The van der Waals surface area contributed by atoms with E-state index >= 15 is 0 Å². The van der Waals surface area contributed by atoms with Gasteiger partial charge in [0.1, 0.15) is 0 Å². The molecule has 1 aromatic heterocycles. The van der Waals surface area contributed by atoms with Crippen molar-refractivity contribution in [3.63, 3.8) is 0 Å².